The van der Waals surface area contributed by atoms with E-state index in [9.17, 15) is 14.9 Å². The van der Waals surface area contributed by atoms with Crippen molar-refractivity contribution in [3.63, 3.8) is 0 Å². The molecule has 1 rings (SSSR count). The molecule has 0 radical (unpaired) electrons. The standard InChI is InChI=1S/C11H13ClN2O4/c1-2-13(7-11(15)16)6-8-9(12)4-3-5-10(8)14(17)18/h3-5H,2,6-7H2,1H3,(H,15,16). The van der Waals surface area contributed by atoms with E-state index in [1.54, 1.807) is 17.9 Å². The first kappa shape index (κ1) is 14.4. The Labute approximate surface area is 109 Å². The second-order valence-corrected chi connectivity index (χ2v) is 4.10. The minimum atomic E-state index is -0.980. The van der Waals surface area contributed by atoms with E-state index in [1.807, 2.05) is 0 Å². The molecule has 0 saturated heterocycles. The molecule has 1 N–H and O–H groups in total. The van der Waals surface area contributed by atoms with Crippen LogP contribution in [0.4, 0.5) is 5.69 Å². The number of nitrogens with zero attached hydrogens (tertiary/aromatic N) is 2. The molecule has 6 nitrogen and oxygen atoms in total. The molecule has 0 aromatic heterocycles. The highest BCUT2D eigenvalue weighted by atomic mass is 35.5. The summed E-state index contributed by atoms with van der Waals surface area (Å²) in [6.45, 7) is 2.21. The molecule has 0 aliphatic rings. The first-order chi connectivity index (χ1) is 8.45. The van der Waals surface area contributed by atoms with Gasteiger partial charge in [-0.25, -0.2) is 0 Å². The molecule has 0 bridgehead atoms. The predicted molar refractivity (Wildman–Crippen MR) is 66.7 cm³/mol. The molecule has 1 aromatic carbocycles. The number of hydrogen-bond donors (Lipinski definition) is 1. The van der Waals surface area contributed by atoms with Crippen LogP contribution in [0.5, 0.6) is 0 Å². The maximum absolute atomic E-state index is 10.9. The van der Waals surface area contributed by atoms with Crippen LogP contribution in [0.25, 0.3) is 0 Å². The van der Waals surface area contributed by atoms with Gasteiger partial charge >= 0.3 is 5.97 Å². The Morgan fingerprint density at radius 2 is 2.22 bits per heavy atom. The molecule has 98 valence electrons. The van der Waals surface area contributed by atoms with Crippen molar-refractivity contribution in [3.05, 3.63) is 38.9 Å². The predicted octanol–water partition coefficient (Wildman–Crippen LogP) is 2.15. The summed E-state index contributed by atoms with van der Waals surface area (Å²) in [6, 6.07) is 4.41. The lowest BCUT2D eigenvalue weighted by atomic mass is 10.1. The highest BCUT2D eigenvalue weighted by Crippen LogP contribution is 2.27. The van der Waals surface area contributed by atoms with Gasteiger partial charge in [0.1, 0.15) is 0 Å². The van der Waals surface area contributed by atoms with Gasteiger partial charge in [0.15, 0.2) is 0 Å². The topological polar surface area (TPSA) is 83.7 Å². The molecule has 0 aliphatic carbocycles. The third-order valence-corrected chi connectivity index (χ3v) is 2.83. The smallest absolute Gasteiger partial charge is 0.317 e. The van der Waals surface area contributed by atoms with Gasteiger partial charge in [0.05, 0.1) is 22.1 Å². The van der Waals surface area contributed by atoms with E-state index < -0.39 is 10.9 Å². The van der Waals surface area contributed by atoms with Crippen LogP contribution in [0.15, 0.2) is 18.2 Å². The van der Waals surface area contributed by atoms with E-state index in [0.29, 0.717) is 12.1 Å². The summed E-state index contributed by atoms with van der Waals surface area (Å²) in [5.41, 5.74) is 0.249. The van der Waals surface area contributed by atoms with Crippen LogP contribution in [0, 0.1) is 10.1 Å². The second kappa shape index (κ2) is 6.32. The van der Waals surface area contributed by atoms with Gasteiger partial charge in [-0.15, -0.1) is 0 Å². The van der Waals surface area contributed by atoms with Crippen molar-refractivity contribution in [2.75, 3.05) is 13.1 Å². The zero-order valence-electron chi connectivity index (χ0n) is 9.80. The number of halogens is 1. The monoisotopic (exact) mass is 272 g/mol. The Morgan fingerprint density at radius 1 is 1.56 bits per heavy atom. The normalized spacial score (nSPS) is 10.6. The van der Waals surface area contributed by atoms with Crippen LogP contribution in [-0.4, -0.2) is 34.0 Å². The molecule has 0 fully saturated rings. The first-order valence-electron chi connectivity index (χ1n) is 5.31. The number of nitro benzene ring substituents is 1. The number of hydrogen-bond acceptors (Lipinski definition) is 4. The Balaban J connectivity index is 3.01. The van der Waals surface area contributed by atoms with E-state index in [-0.39, 0.29) is 23.8 Å². The zero-order chi connectivity index (χ0) is 13.7. The average molecular weight is 273 g/mol. The molecule has 0 spiro atoms. The Morgan fingerprint density at radius 3 is 2.72 bits per heavy atom. The van der Waals surface area contributed by atoms with Crippen LogP contribution in [-0.2, 0) is 11.3 Å². The third kappa shape index (κ3) is 3.68. The Kier molecular flexibility index (Phi) is 5.06. The van der Waals surface area contributed by atoms with Crippen LogP contribution in [0.1, 0.15) is 12.5 Å². The van der Waals surface area contributed by atoms with Gasteiger partial charge in [-0.05, 0) is 12.6 Å². The maximum atomic E-state index is 10.9. The molecular weight excluding hydrogens is 260 g/mol. The van der Waals surface area contributed by atoms with Gasteiger partial charge in [0.25, 0.3) is 5.69 Å². The van der Waals surface area contributed by atoms with Gasteiger partial charge in [0.2, 0.25) is 0 Å². The van der Waals surface area contributed by atoms with Gasteiger partial charge in [0, 0.05) is 12.6 Å². The minimum absolute atomic E-state index is 0.0914. The van der Waals surface area contributed by atoms with E-state index in [4.69, 9.17) is 16.7 Å². The average Bonchev–Trinajstić information content (AvgIpc) is 2.29. The highest BCUT2D eigenvalue weighted by molar-refractivity contribution is 6.31. The van der Waals surface area contributed by atoms with E-state index in [1.165, 1.54) is 12.1 Å². The van der Waals surface area contributed by atoms with Gasteiger partial charge in [-0.3, -0.25) is 19.8 Å². The van der Waals surface area contributed by atoms with E-state index in [2.05, 4.69) is 0 Å². The molecule has 0 saturated carbocycles. The fraction of sp³-hybridized carbons (Fsp3) is 0.364. The number of carboxylic acids is 1. The molecular formula is C11H13ClN2O4. The van der Waals surface area contributed by atoms with Crippen LogP contribution in [0.2, 0.25) is 5.02 Å². The summed E-state index contributed by atoms with van der Waals surface area (Å²) in [4.78, 5) is 22.6. The van der Waals surface area contributed by atoms with Gasteiger partial charge in [-0.2, -0.15) is 0 Å². The lowest BCUT2D eigenvalue weighted by Gasteiger charge is -2.18. The van der Waals surface area contributed by atoms with Crippen molar-refractivity contribution in [2.24, 2.45) is 0 Å². The lowest BCUT2D eigenvalue weighted by molar-refractivity contribution is -0.385. The quantitative estimate of drug-likeness (QED) is 0.634. The molecule has 0 atom stereocenters. The number of aliphatic carboxylic acids is 1. The number of likely N-dealkylation sites (N-methyl/N-ethyl adjacent to an activating group) is 1. The number of rotatable bonds is 6. The van der Waals surface area contributed by atoms with Crippen molar-refractivity contribution in [1.82, 2.24) is 4.90 Å². The molecule has 0 heterocycles. The summed E-state index contributed by atoms with van der Waals surface area (Å²) in [5.74, 6) is -0.980. The van der Waals surface area contributed by atoms with Crippen molar-refractivity contribution in [2.45, 2.75) is 13.5 Å². The lowest BCUT2D eigenvalue weighted by Crippen LogP contribution is -2.29. The van der Waals surface area contributed by atoms with Crippen molar-refractivity contribution < 1.29 is 14.8 Å². The summed E-state index contributed by atoms with van der Waals surface area (Å²) in [5, 5.41) is 19.9. The van der Waals surface area contributed by atoms with E-state index >= 15 is 0 Å². The second-order valence-electron chi connectivity index (χ2n) is 3.69. The molecule has 0 amide bonds. The molecule has 18 heavy (non-hydrogen) atoms. The number of nitro groups is 1. The summed E-state index contributed by atoms with van der Waals surface area (Å²) in [7, 11) is 0. The molecule has 0 unspecified atom stereocenters. The first-order valence-corrected chi connectivity index (χ1v) is 5.69. The minimum Gasteiger partial charge on any atom is -0.480 e. The fourth-order valence-electron chi connectivity index (χ4n) is 1.57. The molecule has 0 aliphatic heterocycles. The van der Waals surface area contributed by atoms with Crippen LogP contribution >= 0.6 is 11.6 Å². The summed E-state index contributed by atoms with van der Waals surface area (Å²) >= 11 is 5.93. The van der Waals surface area contributed by atoms with E-state index in [0.717, 1.165) is 0 Å². The maximum Gasteiger partial charge on any atom is 0.317 e. The van der Waals surface area contributed by atoms with Gasteiger partial charge < -0.3 is 5.11 Å². The fourth-order valence-corrected chi connectivity index (χ4v) is 1.80. The summed E-state index contributed by atoms with van der Waals surface area (Å²) in [6.07, 6.45) is 0. The van der Waals surface area contributed by atoms with Crippen molar-refractivity contribution in [1.29, 1.82) is 0 Å². The summed E-state index contributed by atoms with van der Waals surface area (Å²) < 4.78 is 0. The number of carbonyl (C=O) groups is 1. The van der Waals surface area contributed by atoms with Gasteiger partial charge in [-0.1, -0.05) is 24.6 Å². The molecule has 1 aromatic rings. The van der Waals surface area contributed by atoms with Crippen LogP contribution < -0.4 is 0 Å². The number of carboxylic acid groups (broad SMARTS) is 1. The zero-order valence-corrected chi connectivity index (χ0v) is 10.6. The Bertz CT molecular complexity index is 464. The van der Waals surface area contributed by atoms with Crippen molar-refractivity contribution in [3.8, 4) is 0 Å². The SMILES string of the molecule is CCN(CC(=O)O)Cc1c(Cl)cccc1[N+](=O)[O-]. The molecule has 7 heteroatoms. The number of benzene rings is 1. The Hall–Kier alpha value is -1.66. The van der Waals surface area contributed by atoms with Crippen LogP contribution in [0.3, 0.4) is 0 Å². The highest BCUT2D eigenvalue weighted by Gasteiger charge is 2.19. The van der Waals surface area contributed by atoms with Crippen molar-refractivity contribution >= 4 is 23.3 Å². The largest absolute Gasteiger partial charge is 0.480 e. The third-order valence-electron chi connectivity index (χ3n) is 2.48.